The Bertz CT molecular complexity index is 339. The van der Waals surface area contributed by atoms with Crippen LogP contribution in [0.15, 0.2) is 4.99 Å². The van der Waals surface area contributed by atoms with Gasteiger partial charge in [-0.15, -0.1) is 24.0 Å². The molecule has 0 spiro atoms. The third kappa shape index (κ3) is 8.75. The van der Waals surface area contributed by atoms with Gasteiger partial charge in [-0.05, 0) is 39.4 Å². The highest BCUT2D eigenvalue weighted by Gasteiger charge is 2.24. The van der Waals surface area contributed by atoms with Crippen molar-refractivity contribution in [1.82, 2.24) is 16.0 Å². The fourth-order valence-electron chi connectivity index (χ4n) is 2.36. The topological polar surface area (TPSA) is 65.5 Å². The molecular weight excluding hydrogens is 399 g/mol. The number of nitrogens with zero attached hydrogens (tertiary/aromatic N) is 1. The summed E-state index contributed by atoms with van der Waals surface area (Å²) in [6.07, 6.45) is 6.30. The van der Waals surface area contributed by atoms with Crippen LogP contribution in [0.3, 0.4) is 0 Å². The molecular formula is C14H29IN4OS. The molecule has 124 valence electrons. The Kier molecular flexibility index (Phi) is 11.3. The molecule has 3 N–H and O–H groups in total. The van der Waals surface area contributed by atoms with Gasteiger partial charge in [0.25, 0.3) is 0 Å². The van der Waals surface area contributed by atoms with E-state index in [0.29, 0.717) is 19.0 Å². The van der Waals surface area contributed by atoms with Crippen molar-refractivity contribution in [3.63, 3.8) is 0 Å². The molecule has 1 aliphatic rings. The molecule has 0 aromatic heterocycles. The van der Waals surface area contributed by atoms with Crippen LogP contribution in [0.2, 0.25) is 0 Å². The third-order valence-electron chi connectivity index (χ3n) is 3.38. The van der Waals surface area contributed by atoms with Gasteiger partial charge >= 0.3 is 0 Å². The number of nitrogens with one attached hydrogen (secondary N) is 3. The molecule has 21 heavy (non-hydrogen) atoms. The van der Waals surface area contributed by atoms with Crippen LogP contribution in [-0.4, -0.2) is 49.0 Å². The van der Waals surface area contributed by atoms with E-state index in [1.54, 1.807) is 7.05 Å². The fraction of sp³-hybridized carbons (Fsp3) is 0.857. The van der Waals surface area contributed by atoms with E-state index >= 15 is 0 Å². The number of halogens is 1. The van der Waals surface area contributed by atoms with Crippen LogP contribution in [-0.2, 0) is 4.79 Å². The highest BCUT2D eigenvalue weighted by Crippen LogP contribution is 2.27. The molecule has 7 heteroatoms. The second kappa shape index (κ2) is 11.4. The predicted molar refractivity (Wildman–Crippen MR) is 103 cm³/mol. The van der Waals surface area contributed by atoms with Gasteiger partial charge in [-0.2, -0.15) is 11.8 Å². The van der Waals surface area contributed by atoms with Gasteiger partial charge < -0.3 is 16.0 Å². The van der Waals surface area contributed by atoms with E-state index in [2.05, 4.69) is 27.2 Å². The lowest BCUT2D eigenvalue weighted by atomic mass is 10.2. The van der Waals surface area contributed by atoms with Crippen molar-refractivity contribution in [2.45, 2.75) is 56.9 Å². The molecule has 0 aliphatic heterocycles. The summed E-state index contributed by atoms with van der Waals surface area (Å²) in [5.74, 6) is 0.875. The summed E-state index contributed by atoms with van der Waals surface area (Å²) < 4.78 is 0. The Labute approximate surface area is 149 Å². The minimum atomic E-state index is 0. The highest BCUT2D eigenvalue weighted by molar-refractivity contribution is 14.0. The van der Waals surface area contributed by atoms with Gasteiger partial charge in [-0.3, -0.25) is 9.79 Å². The summed E-state index contributed by atoms with van der Waals surface area (Å²) in [6.45, 7) is 4.54. The van der Waals surface area contributed by atoms with Crippen LogP contribution in [0.1, 0.15) is 39.5 Å². The van der Waals surface area contributed by atoms with Crippen LogP contribution in [0.25, 0.3) is 0 Å². The lowest BCUT2D eigenvalue weighted by Crippen LogP contribution is -2.44. The van der Waals surface area contributed by atoms with Crippen molar-refractivity contribution in [1.29, 1.82) is 0 Å². The number of carbonyl (C=O) groups is 1. The van der Waals surface area contributed by atoms with Crippen molar-refractivity contribution >= 4 is 47.6 Å². The Hall–Kier alpha value is -0.180. The predicted octanol–water partition coefficient (Wildman–Crippen LogP) is 1.97. The summed E-state index contributed by atoms with van der Waals surface area (Å²) in [7, 11) is 1.77. The lowest BCUT2D eigenvalue weighted by molar-refractivity contribution is -0.121. The van der Waals surface area contributed by atoms with Crippen LogP contribution in [0.4, 0.5) is 0 Å². The van der Waals surface area contributed by atoms with Crippen LogP contribution < -0.4 is 16.0 Å². The van der Waals surface area contributed by atoms with Crippen molar-refractivity contribution in [2.75, 3.05) is 19.8 Å². The number of hydrogen-bond donors (Lipinski definition) is 3. The molecule has 1 aliphatic carbocycles. The zero-order chi connectivity index (χ0) is 15.0. The first-order valence-electron chi connectivity index (χ1n) is 7.34. The second-order valence-electron chi connectivity index (χ2n) is 5.48. The smallest absolute Gasteiger partial charge is 0.221 e. The van der Waals surface area contributed by atoms with Crippen LogP contribution >= 0.6 is 35.7 Å². The molecule has 0 aromatic carbocycles. The summed E-state index contributed by atoms with van der Waals surface area (Å²) in [5.41, 5.74) is 0. The first-order valence-corrected chi connectivity index (χ1v) is 8.63. The fourth-order valence-corrected chi connectivity index (χ4v) is 3.16. The SMILES string of the molecule is CN=C(NCCC(=O)NC(C)C)NC1CCC(SC)C1.I. The molecule has 5 nitrogen and oxygen atoms in total. The minimum absolute atomic E-state index is 0. The van der Waals surface area contributed by atoms with Gasteiger partial charge in [0.05, 0.1) is 0 Å². The molecule has 0 heterocycles. The minimum Gasteiger partial charge on any atom is -0.356 e. The largest absolute Gasteiger partial charge is 0.356 e. The molecule has 0 aromatic rings. The summed E-state index contributed by atoms with van der Waals surface area (Å²) in [6, 6.07) is 0.699. The van der Waals surface area contributed by atoms with E-state index in [0.717, 1.165) is 11.2 Å². The van der Waals surface area contributed by atoms with Crippen molar-refractivity contribution in [3.05, 3.63) is 0 Å². The van der Waals surface area contributed by atoms with E-state index < -0.39 is 0 Å². The number of hydrogen-bond acceptors (Lipinski definition) is 3. The van der Waals surface area contributed by atoms with E-state index in [-0.39, 0.29) is 35.9 Å². The van der Waals surface area contributed by atoms with E-state index in [1.165, 1.54) is 19.3 Å². The second-order valence-corrected chi connectivity index (χ2v) is 6.62. The maximum Gasteiger partial charge on any atom is 0.221 e. The Morgan fingerprint density at radius 2 is 2.10 bits per heavy atom. The van der Waals surface area contributed by atoms with Crippen LogP contribution in [0.5, 0.6) is 0 Å². The van der Waals surface area contributed by atoms with Gasteiger partial charge in [0.15, 0.2) is 5.96 Å². The Morgan fingerprint density at radius 1 is 1.38 bits per heavy atom. The molecule has 2 unspecified atom stereocenters. The van der Waals surface area contributed by atoms with Gasteiger partial charge in [-0.1, -0.05) is 0 Å². The zero-order valence-electron chi connectivity index (χ0n) is 13.4. The number of carbonyl (C=O) groups excluding carboxylic acids is 1. The average molecular weight is 428 g/mol. The number of thioether (sulfide) groups is 1. The Morgan fingerprint density at radius 3 is 2.62 bits per heavy atom. The first kappa shape index (κ1) is 20.8. The Balaban J connectivity index is 0.00000400. The summed E-state index contributed by atoms with van der Waals surface area (Å²) in [5, 5.41) is 10.3. The summed E-state index contributed by atoms with van der Waals surface area (Å²) in [4.78, 5) is 15.8. The standard InChI is InChI=1S/C14H28N4OS.HI/c1-10(2)17-13(19)7-8-16-14(15-3)18-11-5-6-12(9-11)20-4;/h10-12H,5-9H2,1-4H3,(H,17,19)(H2,15,16,18);1H. The van der Waals surface area contributed by atoms with Crippen molar-refractivity contribution in [2.24, 2.45) is 4.99 Å². The lowest BCUT2D eigenvalue weighted by Gasteiger charge is -2.17. The van der Waals surface area contributed by atoms with E-state index in [1.807, 2.05) is 25.6 Å². The number of guanidine groups is 1. The maximum absolute atomic E-state index is 11.5. The van der Waals surface area contributed by atoms with Gasteiger partial charge in [0.1, 0.15) is 0 Å². The van der Waals surface area contributed by atoms with Gasteiger partial charge in [0.2, 0.25) is 5.91 Å². The average Bonchev–Trinajstić information content (AvgIpc) is 2.84. The van der Waals surface area contributed by atoms with Crippen molar-refractivity contribution < 1.29 is 4.79 Å². The maximum atomic E-state index is 11.5. The quantitative estimate of drug-likeness (QED) is 0.344. The van der Waals surface area contributed by atoms with Gasteiger partial charge in [0, 0.05) is 37.3 Å². The molecule has 0 bridgehead atoms. The highest BCUT2D eigenvalue weighted by atomic mass is 127. The normalized spacial score (nSPS) is 21.9. The monoisotopic (exact) mass is 428 g/mol. The zero-order valence-corrected chi connectivity index (χ0v) is 16.6. The number of rotatable bonds is 6. The summed E-state index contributed by atoms with van der Waals surface area (Å²) >= 11 is 1.95. The molecule has 1 rings (SSSR count). The van der Waals surface area contributed by atoms with Crippen LogP contribution in [0, 0.1) is 0 Å². The molecule has 1 amide bonds. The number of aliphatic imine (C=N–C) groups is 1. The molecule has 1 saturated carbocycles. The van der Waals surface area contributed by atoms with Crippen molar-refractivity contribution in [3.8, 4) is 0 Å². The molecule has 0 saturated heterocycles. The molecule has 1 fully saturated rings. The molecule has 0 radical (unpaired) electrons. The van der Waals surface area contributed by atoms with Gasteiger partial charge in [-0.25, -0.2) is 0 Å². The first-order chi connectivity index (χ1) is 9.55. The third-order valence-corrected chi connectivity index (χ3v) is 4.47. The molecule has 2 atom stereocenters. The number of amides is 1. The van der Waals surface area contributed by atoms with E-state index in [9.17, 15) is 4.79 Å². The van der Waals surface area contributed by atoms with E-state index in [4.69, 9.17) is 0 Å².